The van der Waals surface area contributed by atoms with Crippen LogP contribution < -0.4 is 5.46 Å². The van der Waals surface area contributed by atoms with Crippen molar-refractivity contribution in [2.75, 3.05) is 0 Å². The van der Waals surface area contributed by atoms with Gasteiger partial charge in [0.25, 0.3) is 6.43 Å². The van der Waals surface area contributed by atoms with Crippen molar-refractivity contribution >= 4 is 24.2 Å². The molecule has 2 fully saturated rings. The Hall–Kier alpha value is -0.645. The summed E-state index contributed by atoms with van der Waals surface area (Å²) in [5.74, 6) is 0.651. The van der Waals surface area contributed by atoms with Gasteiger partial charge in [0.2, 0.25) is 0 Å². The first kappa shape index (κ1) is 18.2. The minimum absolute atomic E-state index is 0.0692. The van der Waals surface area contributed by atoms with Crippen molar-refractivity contribution in [1.82, 2.24) is 0 Å². The maximum absolute atomic E-state index is 13.1. The maximum Gasteiger partial charge on any atom is 0.494 e. The third kappa shape index (κ3) is 3.35. The summed E-state index contributed by atoms with van der Waals surface area (Å²) < 4.78 is 38.6. The van der Waals surface area contributed by atoms with Gasteiger partial charge in [0.1, 0.15) is 0 Å². The molecule has 0 radical (unpaired) electrons. The molecule has 0 aromatic heterocycles. The minimum Gasteiger partial charge on any atom is -0.399 e. The average molecular weight is 357 g/mol. The van der Waals surface area contributed by atoms with E-state index >= 15 is 0 Å². The zero-order chi connectivity index (χ0) is 17.5. The molecule has 1 saturated carbocycles. The van der Waals surface area contributed by atoms with Crippen LogP contribution in [-0.4, -0.2) is 18.3 Å². The Balaban J connectivity index is 1.82. The summed E-state index contributed by atoms with van der Waals surface area (Å²) in [6, 6.07) is 4.59. The summed E-state index contributed by atoms with van der Waals surface area (Å²) in [7, 11) is -0.638. The van der Waals surface area contributed by atoms with Crippen LogP contribution in [0.3, 0.4) is 0 Å². The molecule has 1 heterocycles. The van der Waals surface area contributed by atoms with Crippen LogP contribution in [0.2, 0.25) is 5.02 Å². The van der Waals surface area contributed by atoms with Crippen molar-refractivity contribution in [3.05, 3.63) is 28.8 Å². The first-order valence-electron chi connectivity index (χ1n) is 8.65. The molecule has 0 bridgehead atoms. The lowest BCUT2D eigenvalue weighted by Gasteiger charge is -2.38. The van der Waals surface area contributed by atoms with E-state index in [1.54, 1.807) is 6.07 Å². The molecule has 1 aromatic rings. The van der Waals surface area contributed by atoms with Crippen molar-refractivity contribution in [2.24, 2.45) is 5.92 Å². The highest BCUT2D eigenvalue weighted by Gasteiger charge is 2.55. The minimum atomic E-state index is -2.61. The van der Waals surface area contributed by atoms with Gasteiger partial charge in [0.05, 0.1) is 11.2 Å². The van der Waals surface area contributed by atoms with Crippen LogP contribution in [0, 0.1) is 5.92 Å². The number of hydrogen-bond donors (Lipinski definition) is 0. The molecule has 2 nitrogen and oxygen atoms in total. The van der Waals surface area contributed by atoms with Crippen molar-refractivity contribution in [2.45, 2.75) is 70.5 Å². The molecule has 1 aliphatic heterocycles. The smallest absolute Gasteiger partial charge is 0.399 e. The van der Waals surface area contributed by atoms with Crippen LogP contribution in [0.4, 0.5) is 8.78 Å². The summed E-state index contributed by atoms with van der Waals surface area (Å²) in [6.07, 6.45) is 3.34. The zero-order valence-electron chi connectivity index (χ0n) is 14.5. The van der Waals surface area contributed by atoms with Gasteiger partial charge >= 0.3 is 7.12 Å². The van der Waals surface area contributed by atoms with Gasteiger partial charge in [-0.3, -0.25) is 0 Å². The van der Waals surface area contributed by atoms with Crippen LogP contribution >= 0.6 is 11.6 Å². The molecule has 1 unspecified atom stereocenters. The first-order chi connectivity index (χ1) is 11.2. The maximum atomic E-state index is 13.1. The molecule has 0 N–H and O–H groups in total. The highest BCUT2D eigenvalue weighted by atomic mass is 35.5. The van der Waals surface area contributed by atoms with Crippen molar-refractivity contribution < 1.29 is 18.1 Å². The Morgan fingerprint density at radius 1 is 1.21 bits per heavy atom. The SMILES string of the molecule is CC1(C)OB(c2ccc(Cl)c(C(F)F)c2)OC1(C)CC1CCCC1. The standard InChI is InChI=1S/C18H24BClF2O2/c1-17(2)18(3,11-12-6-4-5-7-12)24-19(23-17)13-8-9-15(20)14(10-13)16(21)22/h8-10,12,16H,4-7,11H2,1-3H3. The number of benzene rings is 1. The third-order valence-electron chi connectivity index (χ3n) is 5.72. The molecule has 1 saturated heterocycles. The predicted octanol–water partition coefficient (Wildman–Crippen LogP) is 5.14. The molecule has 1 aliphatic carbocycles. The Labute approximate surface area is 148 Å². The van der Waals surface area contributed by atoms with E-state index in [4.69, 9.17) is 20.9 Å². The molecule has 1 aromatic carbocycles. The lowest BCUT2D eigenvalue weighted by Crippen LogP contribution is -2.46. The summed E-state index contributed by atoms with van der Waals surface area (Å²) in [6.45, 7) is 6.12. The fraction of sp³-hybridized carbons (Fsp3) is 0.667. The van der Waals surface area contributed by atoms with E-state index in [-0.39, 0.29) is 10.6 Å². The Kier molecular flexibility index (Phi) is 4.98. The third-order valence-corrected chi connectivity index (χ3v) is 6.07. The summed E-state index contributed by atoms with van der Waals surface area (Å²) in [4.78, 5) is 0. The van der Waals surface area contributed by atoms with Crippen molar-refractivity contribution in [1.29, 1.82) is 0 Å². The van der Waals surface area contributed by atoms with Gasteiger partial charge in [-0.2, -0.15) is 0 Å². The highest BCUT2D eigenvalue weighted by molar-refractivity contribution is 6.62. The summed E-state index contributed by atoms with van der Waals surface area (Å²) in [5, 5.41) is 0.0692. The van der Waals surface area contributed by atoms with Crippen LogP contribution in [0.15, 0.2) is 18.2 Å². The predicted molar refractivity (Wildman–Crippen MR) is 93.0 cm³/mol. The van der Waals surface area contributed by atoms with Crippen LogP contribution in [0.25, 0.3) is 0 Å². The van der Waals surface area contributed by atoms with Gasteiger partial charge in [-0.25, -0.2) is 8.78 Å². The molecule has 6 heteroatoms. The molecule has 1 atom stereocenters. The van der Waals surface area contributed by atoms with Crippen LogP contribution in [0.1, 0.15) is 64.9 Å². The molecule has 2 aliphatic rings. The zero-order valence-corrected chi connectivity index (χ0v) is 15.2. The molecule has 0 amide bonds. The largest absolute Gasteiger partial charge is 0.494 e. The monoisotopic (exact) mass is 356 g/mol. The molecule has 132 valence electrons. The second kappa shape index (κ2) is 6.58. The molecular weight excluding hydrogens is 332 g/mol. The van der Waals surface area contributed by atoms with E-state index in [0.29, 0.717) is 11.4 Å². The summed E-state index contributed by atoms with van der Waals surface area (Å²) in [5.41, 5.74) is -0.496. The molecule has 0 spiro atoms. The second-order valence-corrected chi connectivity index (χ2v) is 8.15. The van der Waals surface area contributed by atoms with Gasteiger partial charge in [0, 0.05) is 10.6 Å². The lowest BCUT2D eigenvalue weighted by molar-refractivity contribution is -0.0264. The topological polar surface area (TPSA) is 18.5 Å². The van der Waals surface area contributed by atoms with E-state index < -0.39 is 24.7 Å². The number of hydrogen-bond acceptors (Lipinski definition) is 2. The van der Waals surface area contributed by atoms with Crippen LogP contribution in [0.5, 0.6) is 0 Å². The van der Waals surface area contributed by atoms with Gasteiger partial charge < -0.3 is 9.31 Å². The molecule has 3 rings (SSSR count). The Morgan fingerprint density at radius 3 is 2.50 bits per heavy atom. The normalized spacial score (nSPS) is 27.4. The number of alkyl halides is 2. The Bertz CT molecular complexity index is 605. The van der Waals surface area contributed by atoms with Gasteiger partial charge in [-0.05, 0) is 44.6 Å². The fourth-order valence-corrected chi connectivity index (χ4v) is 4.07. The van der Waals surface area contributed by atoms with E-state index in [0.717, 1.165) is 6.42 Å². The van der Waals surface area contributed by atoms with Crippen molar-refractivity contribution in [3.8, 4) is 0 Å². The van der Waals surface area contributed by atoms with Gasteiger partial charge in [-0.15, -0.1) is 0 Å². The summed E-state index contributed by atoms with van der Waals surface area (Å²) >= 11 is 5.86. The number of halogens is 3. The van der Waals surface area contributed by atoms with Gasteiger partial charge in [0.15, 0.2) is 0 Å². The fourth-order valence-electron chi connectivity index (χ4n) is 3.87. The first-order valence-corrected chi connectivity index (χ1v) is 9.03. The van der Waals surface area contributed by atoms with Crippen LogP contribution in [-0.2, 0) is 9.31 Å². The Morgan fingerprint density at radius 2 is 1.88 bits per heavy atom. The average Bonchev–Trinajstić information content (AvgIpc) is 3.06. The van der Waals surface area contributed by atoms with E-state index in [1.807, 2.05) is 13.8 Å². The van der Waals surface area contributed by atoms with E-state index in [9.17, 15) is 8.78 Å². The number of rotatable bonds is 4. The highest BCUT2D eigenvalue weighted by Crippen LogP contribution is 2.44. The van der Waals surface area contributed by atoms with E-state index in [1.165, 1.54) is 37.8 Å². The van der Waals surface area contributed by atoms with Crippen molar-refractivity contribution in [3.63, 3.8) is 0 Å². The van der Waals surface area contributed by atoms with E-state index in [2.05, 4.69) is 6.92 Å². The molecule has 24 heavy (non-hydrogen) atoms. The second-order valence-electron chi connectivity index (χ2n) is 7.75. The lowest BCUT2D eigenvalue weighted by atomic mass is 9.78. The molecular formula is C18H24BClF2O2. The quantitative estimate of drug-likeness (QED) is 0.696. The van der Waals surface area contributed by atoms with Gasteiger partial charge in [-0.1, -0.05) is 49.4 Å².